The summed E-state index contributed by atoms with van der Waals surface area (Å²) < 4.78 is 0.368. The van der Waals surface area contributed by atoms with Crippen molar-refractivity contribution < 1.29 is 4.79 Å². The minimum absolute atomic E-state index is 0.129. The van der Waals surface area contributed by atoms with E-state index in [-0.39, 0.29) is 5.91 Å². The van der Waals surface area contributed by atoms with E-state index in [4.69, 9.17) is 0 Å². The van der Waals surface area contributed by atoms with E-state index in [2.05, 4.69) is 30.7 Å². The van der Waals surface area contributed by atoms with Crippen molar-refractivity contribution >= 4 is 17.7 Å². The standard InChI is InChI=1S/C12H26N2OS/c1-5-12(6-2,16-4)10-14-9-7-8-11(15)13-3/h14H,5-10H2,1-4H3,(H,13,15). The van der Waals surface area contributed by atoms with E-state index in [9.17, 15) is 4.79 Å². The van der Waals surface area contributed by atoms with Gasteiger partial charge in [0.15, 0.2) is 0 Å². The quantitative estimate of drug-likeness (QED) is 0.612. The van der Waals surface area contributed by atoms with Gasteiger partial charge in [-0.3, -0.25) is 4.79 Å². The highest BCUT2D eigenvalue weighted by atomic mass is 32.2. The number of amides is 1. The summed E-state index contributed by atoms with van der Waals surface area (Å²) >= 11 is 1.94. The van der Waals surface area contributed by atoms with Gasteiger partial charge in [-0.15, -0.1) is 0 Å². The van der Waals surface area contributed by atoms with E-state index in [0.29, 0.717) is 11.2 Å². The number of hydrogen-bond donors (Lipinski definition) is 2. The normalized spacial score (nSPS) is 11.5. The van der Waals surface area contributed by atoms with Crippen molar-refractivity contribution in [1.29, 1.82) is 0 Å². The van der Waals surface area contributed by atoms with Crippen LogP contribution in [-0.4, -0.2) is 37.0 Å². The number of thioether (sulfide) groups is 1. The van der Waals surface area contributed by atoms with Crippen molar-refractivity contribution in [3.8, 4) is 0 Å². The molecule has 0 spiro atoms. The topological polar surface area (TPSA) is 41.1 Å². The summed E-state index contributed by atoms with van der Waals surface area (Å²) in [5, 5.41) is 6.09. The number of hydrogen-bond acceptors (Lipinski definition) is 3. The molecule has 0 aliphatic heterocycles. The van der Waals surface area contributed by atoms with Crippen LogP contribution in [0.2, 0.25) is 0 Å². The van der Waals surface area contributed by atoms with Crippen molar-refractivity contribution in [3.05, 3.63) is 0 Å². The lowest BCUT2D eigenvalue weighted by Gasteiger charge is -2.30. The van der Waals surface area contributed by atoms with Crippen LogP contribution in [0.5, 0.6) is 0 Å². The van der Waals surface area contributed by atoms with Crippen LogP contribution < -0.4 is 10.6 Å². The third kappa shape index (κ3) is 5.75. The van der Waals surface area contributed by atoms with Crippen molar-refractivity contribution in [1.82, 2.24) is 10.6 Å². The Morgan fingerprint density at radius 2 is 1.94 bits per heavy atom. The van der Waals surface area contributed by atoms with Crippen LogP contribution in [0.25, 0.3) is 0 Å². The van der Waals surface area contributed by atoms with Crippen molar-refractivity contribution in [3.63, 3.8) is 0 Å². The lowest BCUT2D eigenvalue weighted by Crippen LogP contribution is -2.37. The maximum Gasteiger partial charge on any atom is 0.219 e. The summed E-state index contributed by atoms with van der Waals surface area (Å²) in [6, 6.07) is 0. The van der Waals surface area contributed by atoms with Crippen LogP contribution in [0.1, 0.15) is 39.5 Å². The Morgan fingerprint density at radius 1 is 1.31 bits per heavy atom. The molecule has 0 aliphatic carbocycles. The van der Waals surface area contributed by atoms with Gasteiger partial charge in [-0.2, -0.15) is 11.8 Å². The number of carbonyl (C=O) groups excluding carboxylic acids is 1. The third-order valence-corrected chi connectivity index (χ3v) is 4.79. The van der Waals surface area contributed by atoms with Gasteiger partial charge in [0, 0.05) is 24.8 Å². The molecule has 0 atom stereocenters. The summed E-state index contributed by atoms with van der Waals surface area (Å²) in [5.74, 6) is 0.129. The second kappa shape index (κ2) is 8.88. The highest BCUT2D eigenvalue weighted by Gasteiger charge is 2.23. The molecular formula is C12H26N2OS. The zero-order valence-electron chi connectivity index (χ0n) is 11.1. The zero-order chi connectivity index (χ0) is 12.4. The van der Waals surface area contributed by atoms with E-state index in [1.807, 2.05) is 11.8 Å². The van der Waals surface area contributed by atoms with Gasteiger partial charge in [0.05, 0.1) is 0 Å². The Morgan fingerprint density at radius 3 is 2.38 bits per heavy atom. The Bertz CT molecular complexity index is 185. The lowest BCUT2D eigenvalue weighted by molar-refractivity contribution is -0.120. The molecule has 1 amide bonds. The third-order valence-electron chi connectivity index (χ3n) is 3.21. The molecule has 0 aromatic rings. The molecule has 0 aromatic carbocycles. The molecule has 0 aliphatic rings. The number of nitrogens with one attached hydrogen (secondary N) is 2. The largest absolute Gasteiger partial charge is 0.359 e. The fourth-order valence-electron chi connectivity index (χ4n) is 1.68. The second-order valence-electron chi connectivity index (χ2n) is 4.05. The molecule has 0 aromatic heterocycles. The molecule has 0 saturated carbocycles. The van der Waals surface area contributed by atoms with Crippen LogP contribution in [0, 0.1) is 0 Å². The molecule has 3 nitrogen and oxygen atoms in total. The van der Waals surface area contributed by atoms with Crippen LogP contribution in [0.3, 0.4) is 0 Å². The van der Waals surface area contributed by atoms with E-state index < -0.39 is 0 Å². The fourth-order valence-corrected chi connectivity index (χ4v) is 2.50. The SMILES string of the molecule is CCC(CC)(CNCCCC(=O)NC)SC. The maximum absolute atomic E-state index is 11.0. The Hall–Kier alpha value is -0.220. The molecule has 96 valence electrons. The molecule has 0 radical (unpaired) electrons. The van der Waals surface area contributed by atoms with Gasteiger partial charge in [-0.1, -0.05) is 13.8 Å². The molecule has 0 saturated heterocycles. The summed E-state index contributed by atoms with van der Waals surface area (Å²) in [6.45, 7) is 6.45. The molecule has 16 heavy (non-hydrogen) atoms. The second-order valence-corrected chi connectivity index (χ2v) is 5.32. The lowest BCUT2D eigenvalue weighted by atomic mass is 10.0. The molecule has 0 fully saturated rings. The monoisotopic (exact) mass is 246 g/mol. The predicted octanol–water partition coefficient (Wildman–Crippen LogP) is 2.02. The minimum atomic E-state index is 0.129. The fraction of sp³-hybridized carbons (Fsp3) is 0.917. The average Bonchev–Trinajstić information content (AvgIpc) is 2.34. The maximum atomic E-state index is 11.0. The van der Waals surface area contributed by atoms with Crippen molar-refractivity contribution in [2.24, 2.45) is 0 Å². The molecule has 0 bridgehead atoms. The summed E-state index contributed by atoms with van der Waals surface area (Å²) in [7, 11) is 1.68. The predicted molar refractivity (Wildman–Crippen MR) is 73.0 cm³/mol. The Kier molecular flexibility index (Phi) is 8.76. The van der Waals surface area contributed by atoms with E-state index in [1.54, 1.807) is 7.05 Å². The van der Waals surface area contributed by atoms with Gasteiger partial charge in [0.25, 0.3) is 0 Å². The first-order valence-electron chi connectivity index (χ1n) is 6.10. The number of rotatable bonds is 9. The molecular weight excluding hydrogens is 220 g/mol. The van der Waals surface area contributed by atoms with Gasteiger partial charge >= 0.3 is 0 Å². The van der Waals surface area contributed by atoms with Gasteiger partial charge in [0.1, 0.15) is 0 Å². The summed E-state index contributed by atoms with van der Waals surface area (Å²) in [5.41, 5.74) is 0. The van der Waals surface area contributed by atoms with Gasteiger partial charge in [0.2, 0.25) is 5.91 Å². The highest BCUT2D eigenvalue weighted by Crippen LogP contribution is 2.29. The first-order chi connectivity index (χ1) is 7.64. The van der Waals surface area contributed by atoms with Gasteiger partial charge in [-0.05, 0) is 32.1 Å². The van der Waals surface area contributed by atoms with E-state index in [0.717, 1.165) is 19.5 Å². The Labute approximate surface area is 104 Å². The highest BCUT2D eigenvalue weighted by molar-refractivity contribution is 8.00. The summed E-state index contributed by atoms with van der Waals surface area (Å²) in [4.78, 5) is 11.0. The average molecular weight is 246 g/mol. The molecule has 4 heteroatoms. The minimum Gasteiger partial charge on any atom is -0.359 e. The van der Waals surface area contributed by atoms with Crippen LogP contribution in [0.15, 0.2) is 0 Å². The number of carbonyl (C=O) groups is 1. The summed E-state index contributed by atoms with van der Waals surface area (Å²) in [6.07, 6.45) is 6.09. The molecule has 0 rings (SSSR count). The van der Waals surface area contributed by atoms with E-state index in [1.165, 1.54) is 12.8 Å². The molecule has 0 heterocycles. The van der Waals surface area contributed by atoms with Gasteiger partial charge < -0.3 is 10.6 Å². The smallest absolute Gasteiger partial charge is 0.219 e. The van der Waals surface area contributed by atoms with Crippen molar-refractivity contribution in [2.75, 3.05) is 26.4 Å². The van der Waals surface area contributed by atoms with Crippen LogP contribution >= 0.6 is 11.8 Å². The van der Waals surface area contributed by atoms with Gasteiger partial charge in [-0.25, -0.2) is 0 Å². The van der Waals surface area contributed by atoms with Crippen LogP contribution in [0.4, 0.5) is 0 Å². The van der Waals surface area contributed by atoms with Crippen molar-refractivity contribution in [2.45, 2.75) is 44.3 Å². The first kappa shape index (κ1) is 15.8. The van der Waals surface area contributed by atoms with Crippen LogP contribution in [-0.2, 0) is 4.79 Å². The Balaban J connectivity index is 3.67. The molecule has 0 unspecified atom stereocenters. The van der Waals surface area contributed by atoms with E-state index >= 15 is 0 Å². The first-order valence-corrected chi connectivity index (χ1v) is 7.33. The molecule has 2 N–H and O–H groups in total. The zero-order valence-corrected chi connectivity index (χ0v) is 11.9.